The lowest BCUT2D eigenvalue weighted by Crippen LogP contribution is -2.06. The topological polar surface area (TPSA) is 60.2 Å². The normalized spacial score (nSPS) is 12.8. The molecule has 0 atom stereocenters. The Bertz CT molecular complexity index is 1040. The number of anilines is 1. The van der Waals surface area contributed by atoms with E-state index < -0.39 is 5.82 Å². The molecule has 7 heteroatoms. The Morgan fingerprint density at radius 2 is 1.89 bits per heavy atom. The van der Waals surface area contributed by atoms with Gasteiger partial charge in [0.05, 0.1) is 11.6 Å². The van der Waals surface area contributed by atoms with Gasteiger partial charge in [-0.25, -0.2) is 9.37 Å². The molecule has 0 aliphatic carbocycles. The summed E-state index contributed by atoms with van der Waals surface area (Å²) in [5.74, 6) is 0.262. The van der Waals surface area contributed by atoms with Crippen LogP contribution >= 0.6 is 23.2 Å². The second kappa shape index (κ2) is 7.95. The van der Waals surface area contributed by atoms with Crippen LogP contribution in [0.3, 0.4) is 0 Å². The average Bonchev–Trinajstić information content (AvgIpc) is 3.16. The van der Waals surface area contributed by atoms with Gasteiger partial charge >= 0.3 is 0 Å². The van der Waals surface area contributed by atoms with E-state index in [1.165, 1.54) is 23.3 Å². The smallest absolute Gasteiger partial charge is 0.166 e. The van der Waals surface area contributed by atoms with Gasteiger partial charge in [0, 0.05) is 36.3 Å². The highest BCUT2D eigenvalue weighted by Gasteiger charge is 2.14. The van der Waals surface area contributed by atoms with E-state index in [2.05, 4.69) is 28.5 Å². The summed E-state index contributed by atoms with van der Waals surface area (Å²) >= 11 is 12.1. The minimum absolute atomic E-state index is 0.0164. The zero-order chi connectivity index (χ0) is 19.7. The Labute approximate surface area is 172 Å². The van der Waals surface area contributed by atoms with Crippen LogP contribution in [0.15, 0.2) is 42.6 Å². The molecule has 0 saturated carbocycles. The summed E-state index contributed by atoms with van der Waals surface area (Å²) in [5.41, 5.74) is 11.0. The Balaban J connectivity index is 1.51. The van der Waals surface area contributed by atoms with Crippen LogP contribution in [-0.4, -0.2) is 11.6 Å². The third kappa shape index (κ3) is 3.78. The van der Waals surface area contributed by atoms with E-state index in [0.29, 0.717) is 28.6 Å². The van der Waals surface area contributed by atoms with Gasteiger partial charge in [-0.05, 0) is 46.5 Å². The summed E-state index contributed by atoms with van der Waals surface area (Å²) in [6, 6.07) is 10.9. The lowest BCUT2D eigenvalue weighted by Gasteiger charge is -2.12. The van der Waals surface area contributed by atoms with Gasteiger partial charge < -0.3 is 15.8 Å². The highest BCUT2D eigenvalue weighted by Crippen LogP contribution is 2.31. The first-order valence-corrected chi connectivity index (χ1v) is 9.62. The SMILES string of the molecule is Nc1ncc(-c2ccc3c(c2)CNC3)cc1OCCc1c(Cl)ccc(F)c1Cl. The van der Waals surface area contributed by atoms with Crippen LogP contribution in [0.4, 0.5) is 10.2 Å². The maximum Gasteiger partial charge on any atom is 0.166 e. The number of aromatic nitrogens is 1. The molecule has 2 heterocycles. The molecule has 144 valence electrons. The molecule has 3 aromatic rings. The Morgan fingerprint density at radius 3 is 2.75 bits per heavy atom. The predicted molar refractivity (Wildman–Crippen MR) is 110 cm³/mol. The molecule has 0 saturated heterocycles. The molecule has 4 rings (SSSR count). The number of fused-ring (bicyclic) bond motifs is 1. The van der Waals surface area contributed by atoms with Crippen molar-refractivity contribution in [1.82, 2.24) is 10.3 Å². The van der Waals surface area contributed by atoms with Crippen molar-refractivity contribution in [2.75, 3.05) is 12.3 Å². The van der Waals surface area contributed by atoms with E-state index in [1.807, 2.05) is 6.07 Å². The molecule has 4 nitrogen and oxygen atoms in total. The second-order valence-electron chi connectivity index (χ2n) is 6.61. The molecular formula is C21H18Cl2FN3O. The molecule has 1 aliphatic heterocycles. The molecule has 0 radical (unpaired) electrons. The molecule has 0 fully saturated rings. The van der Waals surface area contributed by atoms with E-state index in [9.17, 15) is 4.39 Å². The zero-order valence-corrected chi connectivity index (χ0v) is 16.4. The van der Waals surface area contributed by atoms with Crippen molar-refractivity contribution in [3.63, 3.8) is 0 Å². The fourth-order valence-electron chi connectivity index (χ4n) is 3.26. The maximum atomic E-state index is 13.6. The molecule has 28 heavy (non-hydrogen) atoms. The van der Waals surface area contributed by atoms with Gasteiger partial charge in [-0.2, -0.15) is 0 Å². The molecule has 2 aromatic carbocycles. The first kappa shape index (κ1) is 19.0. The van der Waals surface area contributed by atoms with Gasteiger partial charge in [-0.1, -0.05) is 35.3 Å². The number of nitrogen functional groups attached to an aromatic ring is 1. The van der Waals surface area contributed by atoms with Gasteiger partial charge in [-0.3, -0.25) is 0 Å². The van der Waals surface area contributed by atoms with Crippen molar-refractivity contribution < 1.29 is 9.13 Å². The summed E-state index contributed by atoms with van der Waals surface area (Å²) in [6.07, 6.45) is 2.08. The van der Waals surface area contributed by atoms with Crippen LogP contribution < -0.4 is 15.8 Å². The first-order chi connectivity index (χ1) is 13.5. The van der Waals surface area contributed by atoms with Gasteiger partial charge in [0.15, 0.2) is 11.6 Å². The highest BCUT2D eigenvalue weighted by atomic mass is 35.5. The van der Waals surface area contributed by atoms with Crippen LogP contribution in [0.5, 0.6) is 5.75 Å². The van der Waals surface area contributed by atoms with Crippen LogP contribution in [0.25, 0.3) is 11.1 Å². The van der Waals surface area contributed by atoms with E-state index in [-0.39, 0.29) is 11.6 Å². The van der Waals surface area contributed by atoms with Crippen molar-refractivity contribution in [3.8, 4) is 16.9 Å². The van der Waals surface area contributed by atoms with Crippen molar-refractivity contribution >= 4 is 29.0 Å². The zero-order valence-electron chi connectivity index (χ0n) is 14.9. The number of benzene rings is 2. The lowest BCUT2D eigenvalue weighted by molar-refractivity contribution is 0.322. The third-order valence-corrected chi connectivity index (χ3v) is 5.56. The van der Waals surface area contributed by atoms with Gasteiger partial charge in [-0.15, -0.1) is 0 Å². The molecule has 1 aromatic heterocycles. The Kier molecular flexibility index (Phi) is 5.40. The predicted octanol–water partition coefficient (Wildman–Crippen LogP) is 5.00. The standard InChI is InChI=1S/C21H18Cl2FN3O/c22-17-3-4-18(24)20(23)16(17)5-6-28-19-8-15(11-27-21(19)25)12-1-2-13-9-26-10-14(13)7-12/h1-4,7-8,11,26H,5-6,9-10H2,(H2,25,27). The van der Waals surface area contributed by atoms with Crippen molar-refractivity contribution in [1.29, 1.82) is 0 Å². The summed E-state index contributed by atoms with van der Waals surface area (Å²) in [5, 5.41) is 3.76. The molecular weight excluding hydrogens is 400 g/mol. The van der Waals surface area contributed by atoms with Gasteiger partial charge in [0.25, 0.3) is 0 Å². The molecule has 0 spiro atoms. The van der Waals surface area contributed by atoms with E-state index in [0.717, 1.165) is 24.2 Å². The number of nitrogens with zero attached hydrogens (tertiary/aromatic N) is 1. The number of pyridine rings is 1. The van der Waals surface area contributed by atoms with Crippen molar-refractivity contribution in [2.24, 2.45) is 0 Å². The highest BCUT2D eigenvalue weighted by molar-refractivity contribution is 6.36. The Hall–Kier alpha value is -2.34. The monoisotopic (exact) mass is 417 g/mol. The fourth-order valence-corrected chi connectivity index (χ4v) is 3.82. The van der Waals surface area contributed by atoms with Gasteiger partial charge in [0.2, 0.25) is 0 Å². The van der Waals surface area contributed by atoms with Crippen LogP contribution in [-0.2, 0) is 19.5 Å². The number of hydrogen-bond acceptors (Lipinski definition) is 4. The molecule has 0 unspecified atom stereocenters. The summed E-state index contributed by atoms with van der Waals surface area (Å²) in [7, 11) is 0. The van der Waals surface area contributed by atoms with Gasteiger partial charge in [0.1, 0.15) is 5.82 Å². The van der Waals surface area contributed by atoms with E-state index in [1.54, 1.807) is 6.20 Å². The summed E-state index contributed by atoms with van der Waals surface area (Å²) in [4.78, 5) is 4.25. The number of nitrogens with two attached hydrogens (primary N) is 1. The number of rotatable bonds is 5. The van der Waals surface area contributed by atoms with Crippen LogP contribution in [0, 0.1) is 5.82 Å². The Morgan fingerprint density at radius 1 is 1.07 bits per heavy atom. The minimum atomic E-state index is -0.504. The average molecular weight is 418 g/mol. The number of hydrogen-bond donors (Lipinski definition) is 2. The third-order valence-electron chi connectivity index (χ3n) is 4.80. The molecule has 3 N–H and O–H groups in total. The first-order valence-electron chi connectivity index (χ1n) is 8.86. The lowest BCUT2D eigenvalue weighted by atomic mass is 10.0. The molecule has 0 bridgehead atoms. The maximum absolute atomic E-state index is 13.6. The number of ether oxygens (including phenoxy) is 1. The summed E-state index contributed by atoms with van der Waals surface area (Å²) in [6.45, 7) is 2.01. The largest absolute Gasteiger partial charge is 0.489 e. The number of halogens is 3. The van der Waals surface area contributed by atoms with Crippen molar-refractivity contribution in [2.45, 2.75) is 19.5 Å². The summed E-state index contributed by atoms with van der Waals surface area (Å²) < 4.78 is 19.4. The molecule has 1 aliphatic rings. The van der Waals surface area contributed by atoms with E-state index in [4.69, 9.17) is 33.7 Å². The number of nitrogens with one attached hydrogen (secondary N) is 1. The quantitative estimate of drug-likeness (QED) is 0.573. The van der Waals surface area contributed by atoms with Crippen molar-refractivity contribution in [3.05, 3.63) is 75.1 Å². The second-order valence-corrected chi connectivity index (χ2v) is 7.40. The van der Waals surface area contributed by atoms with Crippen LogP contribution in [0.2, 0.25) is 10.0 Å². The molecule has 0 amide bonds. The fraction of sp³-hybridized carbons (Fsp3) is 0.190. The van der Waals surface area contributed by atoms with E-state index >= 15 is 0 Å². The minimum Gasteiger partial charge on any atom is -0.489 e. The van der Waals surface area contributed by atoms with Crippen LogP contribution in [0.1, 0.15) is 16.7 Å².